The molecule has 216 valence electrons. The van der Waals surface area contributed by atoms with Gasteiger partial charge in [-0.15, -0.1) is 0 Å². The Kier molecular flexibility index (Phi) is 6.51. The van der Waals surface area contributed by atoms with Crippen LogP contribution >= 0.6 is 0 Å². The van der Waals surface area contributed by atoms with E-state index in [0.717, 1.165) is 11.3 Å². The third-order valence-electron chi connectivity index (χ3n) is 8.34. The highest BCUT2D eigenvalue weighted by Crippen LogP contribution is 2.44. The zero-order valence-corrected chi connectivity index (χ0v) is 24.4. The van der Waals surface area contributed by atoms with E-state index in [-0.39, 0.29) is 17.1 Å². The highest BCUT2D eigenvalue weighted by Gasteiger charge is 2.43. The third kappa shape index (κ3) is 4.08. The van der Waals surface area contributed by atoms with E-state index in [9.17, 15) is 14.4 Å². The number of methoxy groups -OCH3 is 2. The first-order valence-electron chi connectivity index (χ1n) is 14.3. The molecule has 7 nitrogen and oxygen atoms in total. The average Bonchev–Trinajstić information content (AvgIpc) is 3.52. The number of nitrogens with zero attached hydrogens (tertiary/aromatic N) is 2. The quantitative estimate of drug-likeness (QED) is 0.200. The van der Waals surface area contributed by atoms with Gasteiger partial charge in [-0.3, -0.25) is 19.0 Å². The summed E-state index contributed by atoms with van der Waals surface area (Å²) in [6.07, 6.45) is 0. The molecule has 0 fully saturated rings. The molecule has 0 bridgehead atoms. The second-order valence-electron chi connectivity index (χ2n) is 10.8. The highest BCUT2D eigenvalue weighted by molar-refractivity contribution is 6.31. The van der Waals surface area contributed by atoms with E-state index < -0.39 is 5.92 Å². The Labute approximate surface area is 253 Å². The molecule has 4 aromatic carbocycles. The van der Waals surface area contributed by atoms with Crippen LogP contribution in [0.15, 0.2) is 114 Å². The fraction of sp³-hybridized carbons (Fsp3) is 0.108. The first-order valence-corrected chi connectivity index (χ1v) is 14.3. The zero-order valence-electron chi connectivity index (χ0n) is 24.4. The number of aryl methyl sites for hydroxylation is 1. The van der Waals surface area contributed by atoms with E-state index in [1.807, 2.05) is 84.3 Å². The van der Waals surface area contributed by atoms with Crippen LogP contribution in [0.1, 0.15) is 37.9 Å². The van der Waals surface area contributed by atoms with Crippen LogP contribution in [0.2, 0.25) is 0 Å². The van der Waals surface area contributed by atoms with Gasteiger partial charge in [-0.25, -0.2) is 0 Å². The Morgan fingerprint density at radius 3 is 1.64 bits per heavy atom. The lowest BCUT2D eigenvalue weighted by Gasteiger charge is -2.15. The van der Waals surface area contributed by atoms with Crippen LogP contribution < -0.4 is 15.0 Å². The number of hydrogen-bond donors (Lipinski definition) is 0. The highest BCUT2D eigenvalue weighted by atomic mass is 16.5. The molecule has 0 unspecified atom stereocenters. The van der Waals surface area contributed by atoms with Gasteiger partial charge in [0.1, 0.15) is 17.4 Å². The summed E-state index contributed by atoms with van der Waals surface area (Å²) in [6.45, 7) is 1.88. The lowest BCUT2D eigenvalue weighted by Crippen LogP contribution is -2.23. The third-order valence-corrected chi connectivity index (χ3v) is 8.34. The fourth-order valence-electron chi connectivity index (χ4n) is 6.32. The molecule has 0 atom stereocenters. The zero-order chi connectivity index (χ0) is 30.5. The molecule has 0 saturated carbocycles. The summed E-state index contributed by atoms with van der Waals surface area (Å²) in [7, 11) is 3.19. The molecule has 1 aliphatic rings. The monoisotopic (exact) mass is 580 g/mol. The summed E-state index contributed by atoms with van der Waals surface area (Å²) in [5.41, 5.74) is 4.93. The molecule has 7 heteroatoms. The lowest BCUT2D eigenvalue weighted by atomic mass is 9.89. The number of carbonyl (C=O) groups excluding carboxylic acids is 2. The first kappa shape index (κ1) is 27.2. The molecule has 0 amide bonds. The topological polar surface area (TPSA) is 79.5 Å². The van der Waals surface area contributed by atoms with Gasteiger partial charge in [0, 0.05) is 33.8 Å². The molecule has 0 saturated heterocycles. The van der Waals surface area contributed by atoms with E-state index in [1.165, 1.54) is 0 Å². The van der Waals surface area contributed by atoms with Gasteiger partial charge in [0.15, 0.2) is 11.6 Å². The van der Waals surface area contributed by atoms with Gasteiger partial charge in [0.2, 0.25) is 0 Å². The Hall–Kier alpha value is -5.69. The smallest absolute Gasteiger partial charge is 0.265 e. The maximum atomic E-state index is 14.8. The Morgan fingerprint density at radius 1 is 0.614 bits per heavy atom. The molecule has 0 aliphatic heterocycles. The normalized spacial score (nSPS) is 13.0. The van der Waals surface area contributed by atoms with Gasteiger partial charge in [-0.05, 0) is 67.1 Å². The van der Waals surface area contributed by atoms with Gasteiger partial charge < -0.3 is 14.0 Å². The van der Waals surface area contributed by atoms with Crippen LogP contribution in [0.3, 0.4) is 0 Å². The average molecular weight is 581 g/mol. The van der Waals surface area contributed by atoms with Crippen molar-refractivity contribution < 1.29 is 19.1 Å². The second-order valence-corrected chi connectivity index (χ2v) is 10.8. The van der Waals surface area contributed by atoms with Crippen molar-refractivity contribution in [1.82, 2.24) is 9.13 Å². The van der Waals surface area contributed by atoms with E-state index in [0.29, 0.717) is 56.2 Å². The van der Waals surface area contributed by atoms with Crippen molar-refractivity contribution in [3.8, 4) is 34.1 Å². The number of benzene rings is 4. The Morgan fingerprint density at radius 2 is 1.11 bits per heavy atom. The molecule has 2 aromatic heterocycles. The van der Waals surface area contributed by atoms with Gasteiger partial charge in [-0.1, -0.05) is 54.6 Å². The SMILES string of the molecule is COc1ccc(-n2c(C)cc3c(c(C4C(=O)c5ccccc5C4=O)c(-c4ccccc4)n3-c3ccc(OC)cc3)c2=O)cc1. The van der Waals surface area contributed by atoms with E-state index >= 15 is 0 Å². The molecule has 44 heavy (non-hydrogen) atoms. The molecule has 0 spiro atoms. The molecule has 6 aromatic rings. The van der Waals surface area contributed by atoms with E-state index in [1.54, 1.807) is 55.2 Å². The largest absolute Gasteiger partial charge is 0.497 e. The summed E-state index contributed by atoms with van der Waals surface area (Å²) in [6, 6.07) is 33.2. The number of hydrogen-bond acceptors (Lipinski definition) is 5. The molecule has 1 aliphatic carbocycles. The molecule has 0 radical (unpaired) electrons. The maximum absolute atomic E-state index is 14.8. The number of aromatic nitrogens is 2. The molecular weight excluding hydrogens is 552 g/mol. The molecular formula is C37H28N2O5. The summed E-state index contributed by atoms with van der Waals surface area (Å²) in [4.78, 5) is 43.0. The summed E-state index contributed by atoms with van der Waals surface area (Å²) < 4.78 is 14.4. The number of carbonyl (C=O) groups is 2. The summed E-state index contributed by atoms with van der Waals surface area (Å²) >= 11 is 0. The Balaban J connectivity index is 1.64. The minimum Gasteiger partial charge on any atom is -0.497 e. The summed E-state index contributed by atoms with van der Waals surface area (Å²) in [5, 5.41) is 0.320. The van der Waals surface area contributed by atoms with Gasteiger partial charge in [-0.2, -0.15) is 0 Å². The van der Waals surface area contributed by atoms with Crippen LogP contribution in [0.5, 0.6) is 11.5 Å². The predicted octanol–water partition coefficient (Wildman–Crippen LogP) is 6.94. The van der Waals surface area contributed by atoms with Crippen molar-refractivity contribution in [1.29, 1.82) is 0 Å². The van der Waals surface area contributed by atoms with Crippen molar-refractivity contribution in [3.05, 3.63) is 142 Å². The number of ketones is 2. The second kappa shape index (κ2) is 10.5. The van der Waals surface area contributed by atoms with Crippen molar-refractivity contribution in [3.63, 3.8) is 0 Å². The van der Waals surface area contributed by atoms with Crippen LogP contribution in [0, 0.1) is 6.92 Å². The van der Waals surface area contributed by atoms with Crippen molar-refractivity contribution in [2.24, 2.45) is 0 Å². The lowest BCUT2D eigenvalue weighted by molar-refractivity contribution is 0.0891. The van der Waals surface area contributed by atoms with Gasteiger partial charge in [0.25, 0.3) is 5.56 Å². The van der Waals surface area contributed by atoms with Gasteiger partial charge in [0.05, 0.1) is 30.8 Å². The van der Waals surface area contributed by atoms with Crippen LogP contribution in [0.4, 0.5) is 0 Å². The van der Waals surface area contributed by atoms with E-state index in [2.05, 4.69) is 0 Å². The number of pyridine rings is 1. The predicted molar refractivity (Wildman–Crippen MR) is 170 cm³/mol. The van der Waals surface area contributed by atoms with Crippen molar-refractivity contribution >= 4 is 22.5 Å². The number of rotatable bonds is 6. The van der Waals surface area contributed by atoms with Crippen LogP contribution in [0.25, 0.3) is 33.5 Å². The number of fused-ring (bicyclic) bond motifs is 2. The molecule has 0 N–H and O–H groups in total. The molecule has 7 rings (SSSR count). The van der Waals surface area contributed by atoms with Gasteiger partial charge >= 0.3 is 0 Å². The standard InChI is InChI=1S/C37H28N2O5/c1-22-21-30-31(37(42)38(22)24-13-17-26(43-2)18-14-24)32(33-35(40)28-11-7-8-12-29(28)36(33)41)34(23-9-5-4-6-10-23)39(30)25-15-19-27(44-3)20-16-25/h4-21,33H,1-3H3. The molecule has 2 heterocycles. The minimum absolute atomic E-state index is 0.312. The Bertz CT molecular complexity index is 2110. The van der Waals surface area contributed by atoms with Crippen LogP contribution in [-0.4, -0.2) is 34.9 Å². The van der Waals surface area contributed by atoms with E-state index in [4.69, 9.17) is 9.47 Å². The number of ether oxygens (including phenoxy) is 2. The van der Waals surface area contributed by atoms with Crippen molar-refractivity contribution in [2.45, 2.75) is 12.8 Å². The minimum atomic E-state index is -1.18. The first-order chi connectivity index (χ1) is 21.4. The number of Topliss-reactive ketones (excluding diaryl/α,β-unsaturated/α-hetero) is 2. The van der Waals surface area contributed by atoms with Crippen LogP contribution in [-0.2, 0) is 0 Å². The fourth-order valence-corrected chi connectivity index (χ4v) is 6.32. The summed E-state index contributed by atoms with van der Waals surface area (Å²) in [5.74, 6) is -0.455. The maximum Gasteiger partial charge on any atom is 0.265 e. The van der Waals surface area contributed by atoms with Crippen molar-refractivity contribution in [2.75, 3.05) is 14.2 Å².